The zero-order valence-corrected chi connectivity index (χ0v) is 13.0. The largest absolute Gasteiger partial charge is 0.429 e. The fourth-order valence-corrected chi connectivity index (χ4v) is 2.57. The van der Waals surface area contributed by atoms with Crippen molar-refractivity contribution >= 4 is 17.2 Å². The lowest BCUT2D eigenvalue weighted by atomic mass is 10.1. The summed E-state index contributed by atoms with van der Waals surface area (Å²) in [6, 6.07) is 7.44. The summed E-state index contributed by atoms with van der Waals surface area (Å²) < 4.78 is 21.0. The lowest BCUT2D eigenvalue weighted by Gasteiger charge is -2.14. The van der Waals surface area contributed by atoms with Crippen LogP contribution in [0.4, 0.5) is 0 Å². The molecule has 1 aliphatic rings. The molecule has 8 heteroatoms. The molecule has 2 aromatic rings. The van der Waals surface area contributed by atoms with Gasteiger partial charge in [0.15, 0.2) is 0 Å². The molecule has 0 atom stereocenters. The van der Waals surface area contributed by atoms with E-state index in [2.05, 4.69) is 14.5 Å². The van der Waals surface area contributed by atoms with Crippen LogP contribution in [0.5, 0.6) is 10.9 Å². The molecule has 1 fully saturated rings. The van der Waals surface area contributed by atoms with E-state index >= 15 is 0 Å². The van der Waals surface area contributed by atoms with Crippen molar-refractivity contribution in [3.63, 3.8) is 0 Å². The van der Waals surface area contributed by atoms with Crippen LogP contribution in [0.25, 0.3) is 0 Å². The van der Waals surface area contributed by atoms with Crippen molar-refractivity contribution in [1.82, 2.24) is 9.36 Å². The van der Waals surface area contributed by atoms with Gasteiger partial charge in [-0.3, -0.25) is 0 Å². The lowest BCUT2D eigenvalue weighted by molar-refractivity contribution is 0.0120. The minimum absolute atomic E-state index is 0.468. The highest BCUT2D eigenvalue weighted by atomic mass is 32.1. The minimum atomic E-state index is -0.569. The van der Waals surface area contributed by atoms with Gasteiger partial charge in [-0.15, -0.1) is 0 Å². The molecule has 3 rings (SSSR count). The molecule has 1 saturated heterocycles. The SMILES string of the molecule is CO/N=C(\c1ccccc1Oc1nc(C)ns1)C1OCCO1. The molecule has 0 spiro atoms. The van der Waals surface area contributed by atoms with Crippen molar-refractivity contribution in [3.8, 4) is 10.9 Å². The number of nitrogens with zero attached hydrogens (tertiary/aromatic N) is 3. The number of aromatic nitrogens is 2. The molecule has 1 aliphatic heterocycles. The van der Waals surface area contributed by atoms with Crippen LogP contribution in [0.2, 0.25) is 0 Å². The third-order valence-corrected chi connectivity index (χ3v) is 3.59. The Bertz CT molecular complexity index is 668. The summed E-state index contributed by atoms with van der Waals surface area (Å²) in [6.45, 7) is 2.85. The molecule has 1 aromatic carbocycles. The second-order valence-electron chi connectivity index (χ2n) is 4.44. The Hall–Kier alpha value is -2.03. The number of aryl methyl sites for hydroxylation is 1. The molecule has 0 radical (unpaired) electrons. The standard InChI is InChI=1S/C14H15N3O4S/c1-9-15-14(22-17-9)21-11-6-4-3-5-10(11)12(16-18-2)13-19-7-8-20-13/h3-6,13H,7-8H2,1-2H3/b16-12+. The van der Waals surface area contributed by atoms with E-state index in [0.717, 1.165) is 5.56 Å². The molecule has 0 N–H and O–H groups in total. The van der Waals surface area contributed by atoms with Gasteiger partial charge in [0.25, 0.3) is 5.19 Å². The van der Waals surface area contributed by atoms with Gasteiger partial charge in [-0.25, -0.2) is 0 Å². The average Bonchev–Trinajstić information content (AvgIpc) is 3.18. The van der Waals surface area contributed by atoms with Gasteiger partial charge in [0.2, 0.25) is 6.29 Å². The van der Waals surface area contributed by atoms with Crippen molar-refractivity contribution in [1.29, 1.82) is 0 Å². The molecular weight excluding hydrogens is 306 g/mol. The van der Waals surface area contributed by atoms with Crippen molar-refractivity contribution < 1.29 is 19.0 Å². The second-order valence-corrected chi connectivity index (χ2v) is 5.15. The summed E-state index contributed by atoms with van der Waals surface area (Å²) in [5, 5.41) is 4.51. The first-order valence-electron chi connectivity index (χ1n) is 6.69. The number of oxime groups is 1. The maximum absolute atomic E-state index is 5.81. The Morgan fingerprint density at radius 2 is 2.09 bits per heavy atom. The van der Waals surface area contributed by atoms with E-state index in [9.17, 15) is 0 Å². The van der Waals surface area contributed by atoms with Crippen LogP contribution < -0.4 is 4.74 Å². The average molecular weight is 321 g/mol. The van der Waals surface area contributed by atoms with Crippen molar-refractivity contribution in [2.24, 2.45) is 5.16 Å². The predicted octanol–water partition coefficient (Wildman–Crippen LogP) is 2.36. The van der Waals surface area contributed by atoms with E-state index in [-0.39, 0.29) is 0 Å². The maximum Gasteiger partial charge on any atom is 0.298 e. The third-order valence-electron chi connectivity index (χ3n) is 2.90. The number of hydrogen-bond acceptors (Lipinski definition) is 8. The van der Waals surface area contributed by atoms with E-state index < -0.39 is 6.29 Å². The summed E-state index contributed by atoms with van der Waals surface area (Å²) in [6.07, 6.45) is -0.569. The molecule has 7 nitrogen and oxygen atoms in total. The van der Waals surface area contributed by atoms with Crippen LogP contribution in [0, 0.1) is 6.92 Å². The fourth-order valence-electron chi connectivity index (χ4n) is 2.01. The van der Waals surface area contributed by atoms with Gasteiger partial charge < -0.3 is 19.0 Å². The van der Waals surface area contributed by atoms with E-state index in [4.69, 9.17) is 19.0 Å². The Morgan fingerprint density at radius 1 is 1.32 bits per heavy atom. The zero-order chi connectivity index (χ0) is 15.4. The first-order chi connectivity index (χ1) is 10.8. The molecular formula is C14H15N3O4S. The van der Waals surface area contributed by atoms with E-state index in [1.54, 1.807) is 0 Å². The highest BCUT2D eigenvalue weighted by Crippen LogP contribution is 2.28. The summed E-state index contributed by atoms with van der Waals surface area (Å²) >= 11 is 1.19. The van der Waals surface area contributed by atoms with Crippen molar-refractivity contribution in [2.45, 2.75) is 13.2 Å². The Morgan fingerprint density at radius 3 is 2.77 bits per heavy atom. The van der Waals surface area contributed by atoms with Crippen LogP contribution in [-0.2, 0) is 14.3 Å². The molecule has 0 saturated carbocycles. The molecule has 116 valence electrons. The quantitative estimate of drug-likeness (QED) is 0.621. The number of para-hydroxylation sites is 1. The van der Waals surface area contributed by atoms with Crippen LogP contribution in [0.15, 0.2) is 29.4 Å². The first-order valence-corrected chi connectivity index (χ1v) is 7.47. The summed E-state index contributed by atoms with van der Waals surface area (Å²) in [4.78, 5) is 9.13. The highest BCUT2D eigenvalue weighted by Gasteiger charge is 2.27. The monoisotopic (exact) mass is 321 g/mol. The van der Waals surface area contributed by atoms with E-state index in [0.29, 0.717) is 35.7 Å². The number of hydrogen-bond donors (Lipinski definition) is 0. The summed E-state index contributed by atoms with van der Waals surface area (Å²) in [5.41, 5.74) is 1.25. The minimum Gasteiger partial charge on any atom is -0.429 e. The Kier molecular flexibility index (Phi) is 4.62. The number of benzene rings is 1. The molecule has 22 heavy (non-hydrogen) atoms. The van der Waals surface area contributed by atoms with Crippen LogP contribution in [0.1, 0.15) is 11.4 Å². The van der Waals surface area contributed by atoms with Gasteiger partial charge >= 0.3 is 0 Å². The van der Waals surface area contributed by atoms with Crippen LogP contribution >= 0.6 is 11.5 Å². The molecule has 0 aliphatic carbocycles. The molecule has 0 bridgehead atoms. The molecule has 0 amide bonds. The first kappa shape index (κ1) is 14.9. The zero-order valence-electron chi connectivity index (χ0n) is 12.2. The number of rotatable bonds is 5. The molecule has 1 aromatic heterocycles. The van der Waals surface area contributed by atoms with Gasteiger partial charge in [0, 0.05) is 17.1 Å². The summed E-state index contributed by atoms with van der Waals surface area (Å²) in [7, 11) is 1.48. The topological polar surface area (TPSA) is 75.1 Å². The van der Waals surface area contributed by atoms with Crippen molar-refractivity contribution in [2.75, 3.05) is 20.3 Å². The molecule has 2 heterocycles. The highest BCUT2D eigenvalue weighted by molar-refractivity contribution is 7.07. The lowest BCUT2D eigenvalue weighted by Crippen LogP contribution is -2.23. The van der Waals surface area contributed by atoms with Gasteiger partial charge in [0.1, 0.15) is 24.4 Å². The van der Waals surface area contributed by atoms with Crippen LogP contribution in [-0.4, -0.2) is 41.7 Å². The van der Waals surface area contributed by atoms with Crippen LogP contribution in [0.3, 0.4) is 0 Å². The van der Waals surface area contributed by atoms with E-state index in [1.165, 1.54) is 18.6 Å². The predicted molar refractivity (Wildman–Crippen MR) is 80.4 cm³/mol. The maximum atomic E-state index is 5.81. The van der Waals surface area contributed by atoms with E-state index in [1.807, 2.05) is 31.2 Å². The fraction of sp³-hybridized carbons (Fsp3) is 0.357. The normalized spacial score (nSPS) is 16.0. The Balaban J connectivity index is 1.93. The smallest absolute Gasteiger partial charge is 0.298 e. The Labute approximate surface area is 131 Å². The number of ether oxygens (including phenoxy) is 3. The third kappa shape index (κ3) is 3.24. The second kappa shape index (κ2) is 6.82. The van der Waals surface area contributed by atoms with Gasteiger partial charge in [-0.05, 0) is 19.1 Å². The van der Waals surface area contributed by atoms with Gasteiger partial charge in [-0.1, -0.05) is 17.3 Å². The van der Waals surface area contributed by atoms with Gasteiger partial charge in [0.05, 0.1) is 13.2 Å². The molecule has 0 unspecified atom stereocenters. The van der Waals surface area contributed by atoms with Crippen molar-refractivity contribution in [3.05, 3.63) is 35.7 Å². The van der Waals surface area contributed by atoms with Gasteiger partial charge in [-0.2, -0.15) is 9.36 Å². The summed E-state index contributed by atoms with van der Waals surface area (Å²) in [5.74, 6) is 1.26.